The minimum atomic E-state index is -0.232. The molecule has 1 heterocycles. The zero-order valence-electron chi connectivity index (χ0n) is 9.99. The molecule has 3 aliphatic rings. The Morgan fingerprint density at radius 2 is 2.11 bits per heavy atom. The Hall–Kier alpha value is -2.62. The number of hydrogen-bond donors (Lipinski definition) is 2. The monoisotopic (exact) mass is 250 g/mol. The maximum Gasteiger partial charge on any atom is 0.257 e. The summed E-state index contributed by atoms with van der Waals surface area (Å²) in [6, 6.07) is 4.68. The first-order valence-corrected chi connectivity index (χ1v) is 6.10. The van der Waals surface area contributed by atoms with Crippen molar-refractivity contribution >= 4 is 11.7 Å². The van der Waals surface area contributed by atoms with Crippen LogP contribution in [0.3, 0.4) is 0 Å². The predicted molar refractivity (Wildman–Crippen MR) is 71.6 cm³/mol. The van der Waals surface area contributed by atoms with Gasteiger partial charge in [-0.25, -0.2) is 0 Å². The normalized spacial score (nSPS) is 18.4. The topological polar surface area (TPSA) is 62.0 Å². The molecule has 1 amide bonds. The van der Waals surface area contributed by atoms with Crippen LogP contribution in [0.5, 0.6) is 0 Å². The number of amides is 1. The Balaban J connectivity index is 1.65. The highest BCUT2D eigenvalue weighted by Crippen LogP contribution is 2.51. The second-order valence-electron chi connectivity index (χ2n) is 4.78. The van der Waals surface area contributed by atoms with E-state index >= 15 is 0 Å². The number of carbonyl (C=O) groups is 1. The number of allylic oxidation sites excluding steroid dienone is 6. The molecule has 0 aliphatic heterocycles. The maximum absolute atomic E-state index is 12.2. The maximum atomic E-state index is 12.2. The van der Waals surface area contributed by atoms with Crippen LogP contribution in [-0.2, 0) is 4.79 Å². The number of rotatable bonds is 2. The molecule has 0 bridgehead atoms. The molecule has 0 saturated heterocycles. The molecule has 1 aromatic heterocycles. The van der Waals surface area contributed by atoms with Gasteiger partial charge >= 0.3 is 0 Å². The van der Waals surface area contributed by atoms with Crippen molar-refractivity contribution < 1.29 is 4.79 Å². The molecular formula is C15H10N2O2. The van der Waals surface area contributed by atoms with Crippen molar-refractivity contribution in [1.82, 2.24) is 4.98 Å². The fourth-order valence-electron chi connectivity index (χ4n) is 2.55. The molecule has 0 aromatic carbocycles. The molecule has 1 aromatic rings. The molecule has 0 unspecified atom stereocenters. The molecule has 1 fully saturated rings. The highest BCUT2D eigenvalue weighted by Gasteiger charge is 2.35. The molecule has 2 N–H and O–H groups in total. The minimum Gasteiger partial charge on any atom is -0.309 e. The van der Waals surface area contributed by atoms with Crippen LogP contribution in [-0.4, -0.2) is 10.9 Å². The third kappa shape index (κ3) is 1.53. The van der Waals surface area contributed by atoms with Crippen LogP contribution >= 0.6 is 0 Å². The Bertz CT molecular complexity index is 803. The molecule has 1 saturated carbocycles. The Morgan fingerprint density at radius 3 is 2.95 bits per heavy atom. The van der Waals surface area contributed by atoms with Crippen molar-refractivity contribution in [2.24, 2.45) is 0 Å². The smallest absolute Gasteiger partial charge is 0.257 e. The molecule has 4 nitrogen and oxygen atoms in total. The Kier molecular flexibility index (Phi) is 1.87. The fraction of sp³-hybridized carbons (Fsp3) is 0.0667. The zero-order valence-corrected chi connectivity index (χ0v) is 9.99. The van der Waals surface area contributed by atoms with Crippen LogP contribution in [0, 0.1) is 0 Å². The summed E-state index contributed by atoms with van der Waals surface area (Å²) in [5.41, 5.74) is 5.32. The average molecular weight is 250 g/mol. The fourth-order valence-corrected chi connectivity index (χ4v) is 2.55. The van der Waals surface area contributed by atoms with E-state index in [1.165, 1.54) is 22.8 Å². The second-order valence-corrected chi connectivity index (χ2v) is 4.78. The van der Waals surface area contributed by atoms with Gasteiger partial charge in [-0.1, -0.05) is 12.1 Å². The number of H-pyrrole nitrogens is 1. The number of fused-ring (bicyclic) bond motifs is 2. The SMILES string of the molecule is O=C(Nc1cccc(=O)[nH]1)C1=C2C=C3CC3=C2C=C1. The molecular weight excluding hydrogens is 240 g/mol. The first-order valence-electron chi connectivity index (χ1n) is 6.10. The lowest BCUT2D eigenvalue weighted by Crippen LogP contribution is -2.17. The van der Waals surface area contributed by atoms with Crippen LogP contribution in [0.2, 0.25) is 0 Å². The number of nitrogens with one attached hydrogen (secondary N) is 2. The first kappa shape index (κ1) is 10.3. The van der Waals surface area contributed by atoms with Crippen LogP contribution in [0.25, 0.3) is 0 Å². The lowest BCUT2D eigenvalue weighted by molar-refractivity contribution is -0.112. The van der Waals surface area contributed by atoms with Crippen molar-refractivity contribution in [2.75, 3.05) is 5.32 Å². The van der Waals surface area contributed by atoms with Crippen molar-refractivity contribution in [3.05, 3.63) is 74.6 Å². The summed E-state index contributed by atoms with van der Waals surface area (Å²) in [5, 5.41) is 2.71. The third-order valence-corrected chi connectivity index (χ3v) is 3.53. The van der Waals surface area contributed by atoms with Gasteiger partial charge in [0.05, 0.1) is 0 Å². The molecule has 92 valence electrons. The highest BCUT2D eigenvalue weighted by atomic mass is 16.2. The quantitative estimate of drug-likeness (QED) is 0.841. The molecule has 19 heavy (non-hydrogen) atoms. The molecule has 4 rings (SSSR count). The van der Waals surface area contributed by atoms with E-state index < -0.39 is 0 Å². The van der Waals surface area contributed by atoms with Crippen molar-refractivity contribution in [2.45, 2.75) is 6.42 Å². The Labute approximate surface area is 108 Å². The minimum absolute atomic E-state index is 0.193. The molecule has 3 aliphatic carbocycles. The van der Waals surface area contributed by atoms with E-state index in [0.29, 0.717) is 11.4 Å². The van der Waals surface area contributed by atoms with Crippen molar-refractivity contribution in [1.29, 1.82) is 0 Å². The van der Waals surface area contributed by atoms with Crippen molar-refractivity contribution in [3.63, 3.8) is 0 Å². The summed E-state index contributed by atoms with van der Waals surface area (Å²) in [7, 11) is 0. The van der Waals surface area contributed by atoms with E-state index in [-0.39, 0.29) is 11.5 Å². The molecule has 0 radical (unpaired) electrons. The first-order chi connectivity index (χ1) is 9.22. The van der Waals surface area contributed by atoms with Gasteiger partial charge in [0.15, 0.2) is 0 Å². The number of hydrogen-bond acceptors (Lipinski definition) is 2. The number of aromatic amines is 1. The molecule has 0 spiro atoms. The van der Waals surface area contributed by atoms with Gasteiger partial charge in [0.2, 0.25) is 5.56 Å². The third-order valence-electron chi connectivity index (χ3n) is 3.53. The lowest BCUT2D eigenvalue weighted by atomic mass is 10.1. The number of anilines is 1. The summed E-state index contributed by atoms with van der Waals surface area (Å²) in [4.78, 5) is 25.9. The van der Waals surface area contributed by atoms with Gasteiger partial charge in [-0.2, -0.15) is 0 Å². The van der Waals surface area contributed by atoms with E-state index in [2.05, 4.69) is 16.4 Å². The van der Waals surface area contributed by atoms with E-state index in [4.69, 9.17) is 0 Å². The van der Waals surface area contributed by atoms with Gasteiger partial charge < -0.3 is 10.3 Å². The van der Waals surface area contributed by atoms with Gasteiger partial charge in [0, 0.05) is 11.6 Å². The van der Waals surface area contributed by atoms with Gasteiger partial charge in [-0.3, -0.25) is 9.59 Å². The van der Waals surface area contributed by atoms with Gasteiger partial charge in [0.25, 0.3) is 5.91 Å². The lowest BCUT2D eigenvalue weighted by Gasteiger charge is -2.05. The number of pyridine rings is 1. The summed E-state index contributed by atoms with van der Waals surface area (Å²) in [5.74, 6) is 0.220. The summed E-state index contributed by atoms with van der Waals surface area (Å²) in [6.07, 6.45) is 6.96. The van der Waals surface area contributed by atoms with E-state index in [1.807, 2.05) is 12.2 Å². The van der Waals surface area contributed by atoms with Crippen molar-refractivity contribution in [3.8, 4) is 0 Å². The average Bonchev–Trinajstić information content (AvgIpc) is 2.86. The van der Waals surface area contributed by atoms with Crippen LogP contribution in [0.15, 0.2) is 69.1 Å². The predicted octanol–water partition coefficient (Wildman–Crippen LogP) is 1.82. The second kappa shape index (κ2) is 3.45. The van der Waals surface area contributed by atoms with Gasteiger partial charge in [-0.15, -0.1) is 0 Å². The number of aromatic nitrogens is 1. The summed E-state index contributed by atoms with van der Waals surface area (Å²) in [6.45, 7) is 0. The highest BCUT2D eigenvalue weighted by molar-refractivity contribution is 6.08. The van der Waals surface area contributed by atoms with Crippen LogP contribution in [0.1, 0.15) is 6.42 Å². The van der Waals surface area contributed by atoms with Crippen LogP contribution < -0.4 is 10.9 Å². The van der Waals surface area contributed by atoms with E-state index in [9.17, 15) is 9.59 Å². The van der Waals surface area contributed by atoms with Gasteiger partial charge in [-0.05, 0) is 46.9 Å². The summed E-state index contributed by atoms with van der Waals surface area (Å²) >= 11 is 0. The Morgan fingerprint density at radius 1 is 1.21 bits per heavy atom. The standard InChI is InChI=1S/C15H10N2O2/c18-14-3-1-2-13(16-14)17-15(19)10-5-4-9-11-6-8(11)7-12(9)10/h1-5,7H,6H2,(H2,16,17,18,19). The molecule has 0 atom stereocenters. The largest absolute Gasteiger partial charge is 0.309 e. The van der Waals surface area contributed by atoms with Crippen LogP contribution in [0.4, 0.5) is 5.82 Å². The van der Waals surface area contributed by atoms with E-state index in [1.54, 1.807) is 12.1 Å². The van der Waals surface area contributed by atoms with Gasteiger partial charge in [0.1, 0.15) is 5.82 Å². The molecule has 4 heteroatoms. The van der Waals surface area contributed by atoms with E-state index in [0.717, 1.165) is 12.0 Å². The summed E-state index contributed by atoms with van der Waals surface area (Å²) < 4.78 is 0. The zero-order chi connectivity index (χ0) is 13.0. The number of carbonyl (C=O) groups excluding carboxylic acids is 1.